The fraction of sp³-hybridized carbons (Fsp3) is 0.667. The number of hydrogen-bond donors (Lipinski definition) is 1. The molecule has 1 saturated heterocycles. The zero-order valence-corrected chi connectivity index (χ0v) is 7.76. The highest BCUT2D eigenvalue weighted by atomic mass is 15.3. The van der Waals surface area contributed by atoms with Gasteiger partial charge < -0.3 is 5.73 Å². The molecule has 0 saturated carbocycles. The first-order chi connectivity index (χ1) is 6.34. The zero-order chi connectivity index (χ0) is 9.10. The summed E-state index contributed by atoms with van der Waals surface area (Å²) >= 11 is 0. The number of likely N-dealkylation sites (tertiary alicyclic amines) is 1. The van der Waals surface area contributed by atoms with Crippen LogP contribution in [0, 0.1) is 0 Å². The molecule has 1 aromatic rings. The van der Waals surface area contributed by atoms with Crippen LogP contribution in [0.25, 0.3) is 0 Å². The molecule has 1 aromatic heterocycles. The Morgan fingerprint density at radius 3 is 3.00 bits per heavy atom. The first kappa shape index (κ1) is 8.72. The first-order valence-corrected chi connectivity index (χ1v) is 4.80. The van der Waals surface area contributed by atoms with Crippen LogP contribution in [-0.4, -0.2) is 40.4 Å². The highest BCUT2D eigenvalue weighted by molar-refractivity contribution is 4.80. The lowest BCUT2D eigenvalue weighted by Crippen LogP contribution is -2.29. The van der Waals surface area contributed by atoms with E-state index in [4.69, 9.17) is 5.73 Å². The molecule has 4 heteroatoms. The predicted molar refractivity (Wildman–Crippen MR) is 51.3 cm³/mol. The Bertz CT molecular complexity index is 244. The molecular weight excluding hydrogens is 164 g/mol. The molecule has 2 heterocycles. The van der Waals surface area contributed by atoms with Crippen molar-refractivity contribution in [1.29, 1.82) is 0 Å². The molecule has 13 heavy (non-hydrogen) atoms. The van der Waals surface area contributed by atoms with E-state index >= 15 is 0 Å². The van der Waals surface area contributed by atoms with E-state index in [2.05, 4.69) is 10.00 Å². The maximum Gasteiger partial charge on any atom is 0.0536 e. The van der Waals surface area contributed by atoms with Crippen LogP contribution in [0.15, 0.2) is 18.5 Å². The Hall–Kier alpha value is -0.870. The standard InChI is InChI=1S/C9H16N4/c10-9-2-5-12(8-9)6-7-13-4-1-3-11-13/h1,3-4,9H,2,5-8,10H2. The monoisotopic (exact) mass is 180 g/mol. The van der Waals surface area contributed by atoms with Crippen LogP contribution < -0.4 is 5.73 Å². The number of aromatic nitrogens is 2. The minimum atomic E-state index is 0.387. The van der Waals surface area contributed by atoms with Crippen molar-refractivity contribution in [3.63, 3.8) is 0 Å². The predicted octanol–water partition coefficient (Wildman–Crippen LogP) is -0.0839. The van der Waals surface area contributed by atoms with Gasteiger partial charge in [0.25, 0.3) is 0 Å². The second-order valence-electron chi connectivity index (χ2n) is 3.62. The van der Waals surface area contributed by atoms with Gasteiger partial charge in [0.1, 0.15) is 0 Å². The smallest absolute Gasteiger partial charge is 0.0536 e. The lowest BCUT2D eigenvalue weighted by molar-refractivity contribution is 0.312. The highest BCUT2D eigenvalue weighted by Crippen LogP contribution is 2.06. The largest absolute Gasteiger partial charge is 0.326 e. The third kappa shape index (κ3) is 2.29. The number of hydrogen-bond acceptors (Lipinski definition) is 3. The molecular formula is C9H16N4. The van der Waals surface area contributed by atoms with E-state index in [1.54, 1.807) is 0 Å². The van der Waals surface area contributed by atoms with Crippen molar-refractivity contribution in [3.8, 4) is 0 Å². The van der Waals surface area contributed by atoms with E-state index in [1.807, 2.05) is 23.1 Å². The molecule has 0 aromatic carbocycles. The molecule has 1 aliphatic heterocycles. The molecule has 1 unspecified atom stereocenters. The maximum atomic E-state index is 5.81. The number of rotatable bonds is 3. The second-order valence-corrected chi connectivity index (χ2v) is 3.62. The van der Waals surface area contributed by atoms with E-state index in [1.165, 1.54) is 0 Å². The van der Waals surface area contributed by atoms with Crippen molar-refractivity contribution in [1.82, 2.24) is 14.7 Å². The van der Waals surface area contributed by atoms with Crippen LogP contribution >= 0.6 is 0 Å². The first-order valence-electron chi connectivity index (χ1n) is 4.80. The van der Waals surface area contributed by atoms with Crippen LogP contribution in [0.3, 0.4) is 0 Å². The number of nitrogens with zero attached hydrogens (tertiary/aromatic N) is 3. The third-order valence-electron chi connectivity index (χ3n) is 2.51. The zero-order valence-electron chi connectivity index (χ0n) is 7.76. The van der Waals surface area contributed by atoms with Gasteiger partial charge >= 0.3 is 0 Å². The van der Waals surface area contributed by atoms with Gasteiger partial charge in [0.15, 0.2) is 0 Å². The minimum Gasteiger partial charge on any atom is -0.326 e. The second kappa shape index (κ2) is 3.89. The fourth-order valence-corrected chi connectivity index (χ4v) is 1.74. The normalized spacial score (nSPS) is 23.9. The molecule has 0 aliphatic carbocycles. The molecule has 0 bridgehead atoms. The molecule has 1 aliphatic rings. The van der Waals surface area contributed by atoms with Crippen LogP contribution in [0.4, 0.5) is 0 Å². The summed E-state index contributed by atoms with van der Waals surface area (Å²) in [5.41, 5.74) is 5.81. The molecule has 2 rings (SSSR count). The molecule has 0 radical (unpaired) electrons. The summed E-state index contributed by atoms with van der Waals surface area (Å²) < 4.78 is 1.96. The van der Waals surface area contributed by atoms with Gasteiger partial charge in [-0.15, -0.1) is 0 Å². The summed E-state index contributed by atoms with van der Waals surface area (Å²) in [4.78, 5) is 2.40. The van der Waals surface area contributed by atoms with E-state index in [0.29, 0.717) is 6.04 Å². The lowest BCUT2D eigenvalue weighted by Gasteiger charge is -2.14. The Morgan fingerprint density at radius 2 is 2.38 bits per heavy atom. The van der Waals surface area contributed by atoms with Gasteiger partial charge in [-0.3, -0.25) is 9.58 Å². The van der Waals surface area contributed by atoms with Gasteiger partial charge in [-0.25, -0.2) is 0 Å². The SMILES string of the molecule is NC1CCN(CCn2cccn2)C1. The highest BCUT2D eigenvalue weighted by Gasteiger charge is 2.17. The van der Waals surface area contributed by atoms with E-state index in [0.717, 1.165) is 32.6 Å². The van der Waals surface area contributed by atoms with Crippen molar-refractivity contribution >= 4 is 0 Å². The van der Waals surface area contributed by atoms with Crippen molar-refractivity contribution in [2.45, 2.75) is 19.0 Å². The maximum absolute atomic E-state index is 5.81. The Balaban J connectivity index is 1.74. The van der Waals surface area contributed by atoms with Crippen LogP contribution in [0.1, 0.15) is 6.42 Å². The van der Waals surface area contributed by atoms with Crippen LogP contribution in [0.5, 0.6) is 0 Å². The molecule has 1 atom stereocenters. The topological polar surface area (TPSA) is 47.1 Å². The molecule has 0 amide bonds. The van der Waals surface area contributed by atoms with Gasteiger partial charge in [0, 0.05) is 31.5 Å². The Kier molecular flexibility index (Phi) is 2.61. The summed E-state index contributed by atoms with van der Waals surface area (Å²) in [5.74, 6) is 0. The summed E-state index contributed by atoms with van der Waals surface area (Å²) in [6.07, 6.45) is 4.95. The Labute approximate surface area is 78.3 Å². The number of nitrogens with two attached hydrogens (primary N) is 1. The van der Waals surface area contributed by atoms with Gasteiger partial charge in [-0.05, 0) is 19.0 Å². The van der Waals surface area contributed by atoms with Gasteiger partial charge in [0.05, 0.1) is 6.54 Å². The van der Waals surface area contributed by atoms with Gasteiger partial charge in [-0.2, -0.15) is 5.10 Å². The van der Waals surface area contributed by atoms with Gasteiger partial charge in [0.2, 0.25) is 0 Å². The Morgan fingerprint density at radius 1 is 1.46 bits per heavy atom. The van der Waals surface area contributed by atoms with E-state index in [-0.39, 0.29) is 0 Å². The minimum absolute atomic E-state index is 0.387. The molecule has 0 spiro atoms. The lowest BCUT2D eigenvalue weighted by atomic mass is 10.3. The average Bonchev–Trinajstić information content (AvgIpc) is 2.71. The molecule has 1 fully saturated rings. The molecule has 72 valence electrons. The molecule has 4 nitrogen and oxygen atoms in total. The summed E-state index contributed by atoms with van der Waals surface area (Å²) in [7, 11) is 0. The fourth-order valence-electron chi connectivity index (χ4n) is 1.74. The van der Waals surface area contributed by atoms with Crippen LogP contribution in [0.2, 0.25) is 0 Å². The summed E-state index contributed by atoms with van der Waals surface area (Å²) in [6, 6.07) is 2.34. The summed E-state index contributed by atoms with van der Waals surface area (Å²) in [6.45, 7) is 4.22. The quantitative estimate of drug-likeness (QED) is 0.707. The third-order valence-corrected chi connectivity index (χ3v) is 2.51. The van der Waals surface area contributed by atoms with Crippen molar-refractivity contribution in [2.24, 2.45) is 5.73 Å². The van der Waals surface area contributed by atoms with Crippen LogP contribution in [-0.2, 0) is 6.54 Å². The van der Waals surface area contributed by atoms with Crippen molar-refractivity contribution in [3.05, 3.63) is 18.5 Å². The van der Waals surface area contributed by atoms with Crippen molar-refractivity contribution < 1.29 is 0 Å². The van der Waals surface area contributed by atoms with E-state index in [9.17, 15) is 0 Å². The average molecular weight is 180 g/mol. The van der Waals surface area contributed by atoms with Crippen molar-refractivity contribution in [2.75, 3.05) is 19.6 Å². The summed E-state index contributed by atoms with van der Waals surface area (Å²) in [5, 5.41) is 4.15. The van der Waals surface area contributed by atoms with E-state index < -0.39 is 0 Å². The molecule has 2 N–H and O–H groups in total. The van der Waals surface area contributed by atoms with Gasteiger partial charge in [-0.1, -0.05) is 0 Å².